The van der Waals surface area contributed by atoms with Crippen LogP contribution in [0.4, 0.5) is 4.79 Å². The first-order valence-electron chi connectivity index (χ1n) is 12.1. The molecule has 1 aromatic heterocycles. The first kappa shape index (κ1) is 26.2. The fourth-order valence-corrected chi connectivity index (χ4v) is 5.28. The minimum absolute atomic E-state index is 0.108. The Morgan fingerprint density at radius 3 is 2.56 bits per heavy atom. The molecular weight excluding hydrogens is 450 g/mol. The number of fused-ring (bicyclic) bond motifs is 1. The minimum Gasteiger partial charge on any atom is -0.444 e. The van der Waals surface area contributed by atoms with Crippen LogP contribution in [-0.2, 0) is 9.53 Å². The van der Waals surface area contributed by atoms with E-state index in [1.807, 2.05) is 65.0 Å². The summed E-state index contributed by atoms with van der Waals surface area (Å²) in [5.41, 5.74) is 5.62. The van der Waals surface area contributed by atoms with Crippen molar-refractivity contribution in [3.8, 4) is 0 Å². The molecule has 2 N–H and O–H groups in total. The van der Waals surface area contributed by atoms with Crippen LogP contribution in [0.25, 0.3) is 10.1 Å². The minimum atomic E-state index is -0.781. The smallest absolute Gasteiger partial charge is 0.410 e. The molecule has 1 aromatic carbocycles. The molecule has 0 bridgehead atoms. The molecule has 0 radical (unpaired) electrons. The fourth-order valence-electron chi connectivity index (χ4n) is 4.26. The van der Waals surface area contributed by atoms with E-state index in [9.17, 15) is 14.4 Å². The van der Waals surface area contributed by atoms with Gasteiger partial charge in [-0.15, -0.1) is 11.3 Å². The van der Waals surface area contributed by atoms with Crippen LogP contribution < -0.4 is 5.73 Å². The van der Waals surface area contributed by atoms with E-state index in [-0.39, 0.29) is 24.4 Å². The van der Waals surface area contributed by atoms with Crippen LogP contribution in [-0.4, -0.2) is 58.5 Å². The Hall–Kier alpha value is -2.45. The fraction of sp³-hybridized carbons (Fsp3) is 0.577. The van der Waals surface area contributed by atoms with Crippen molar-refractivity contribution < 1.29 is 19.1 Å². The summed E-state index contributed by atoms with van der Waals surface area (Å²) in [6, 6.07) is 8.49. The zero-order valence-electron chi connectivity index (χ0n) is 20.9. The van der Waals surface area contributed by atoms with E-state index in [2.05, 4.69) is 0 Å². The molecule has 2 atom stereocenters. The molecule has 34 heavy (non-hydrogen) atoms. The highest BCUT2D eigenvalue weighted by Gasteiger charge is 2.36. The highest BCUT2D eigenvalue weighted by atomic mass is 32.1. The third-order valence-electron chi connectivity index (χ3n) is 5.84. The number of thiophene rings is 1. The molecular formula is C26H37N3O4S. The van der Waals surface area contributed by atoms with Crippen LogP contribution in [0, 0.1) is 5.92 Å². The van der Waals surface area contributed by atoms with Gasteiger partial charge in [0.2, 0.25) is 5.91 Å². The summed E-state index contributed by atoms with van der Waals surface area (Å²) in [5.74, 6) is -0.542. The van der Waals surface area contributed by atoms with E-state index in [4.69, 9.17) is 10.5 Å². The van der Waals surface area contributed by atoms with Gasteiger partial charge in [0.1, 0.15) is 5.60 Å². The molecule has 8 heteroatoms. The van der Waals surface area contributed by atoms with Crippen molar-refractivity contribution in [2.75, 3.05) is 13.1 Å². The van der Waals surface area contributed by atoms with Gasteiger partial charge >= 0.3 is 6.09 Å². The molecule has 0 spiro atoms. The third-order valence-corrected chi connectivity index (χ3v) is 6.94. The lowest BCUT2D eigenvalue weighted by Gasteiger charge is -2.39. The van der Waals surface area contributed by atoms with E-state index in [0.29, 0.717) is 24.3 Å². The summed E-state index contributed by atoms with van der Waals surface area (Å²) < 4.78 is 6.59. The first-order valence-corrected chi connectivity index (χ1v) is 12.9. The largest absolute Gasteiger partial charge is 0.444 e. The van der Waals surface area contributed by atoms with Crippen molar-refractivity contribution in [1.82, 2.24) is 9.80 Å². The zero-order valence-corrected chi connectivity index (χ0v) is 21.7. The number of imide groups is 1. The predicted molar refractivity (Wildman–Crippen MR) is 136 cm³/mol. The maximum absolute atomic E-state index is 13.7. The molecule has 0 saturated carbocycles. The van der Waals surface area contributed by atoms with Gasteiger partial charge in [-0.3, -0.25) is 14.5 Å². The van der Waals surface area contributed by atoms with Gasteiger partial charge in [-0.05, 0) is 69.9 Å². The monoisotopic (exact) mass is 487 g/mol. The van der Waals surface area contributed by atoms with Crippen molar-refractivity contribution in [1.29, 1.82) is 0 Å². The topological polar surface area (TPSA) is 92.9 Å². The Kier molecular flexibility index (Phi) is 8.36. The maximum atomic E-state index is 13.7. The molecule has 1 aliphatic heterocycles. The second kappa shape index (κ2) is 10.9. The predicted octanol–water partition coefficient (Wildman–Crippen LogP) is 5.03. The van der Waals surface area contributed by atoms with Crippen LogP contribution in [0.1, 0.15) is 70.0 Å². The average Bonchev–Trinajstić information content (AvgIpc) is 3.19. The van der Waals surface area contributed by atoms with Gasteiger partial charge in [-0.1, -0.05) is 32.0 Å². The Balaban J connectivity index is 1.89. The lowest BCUT2D eigenvalue weighted by atomic mass is 10.00. The molecule has 1 fully saturated rings. The molecule has 1 unspecified atom stereocenters. The molecule has 2 heterocycles. The number of amides is 3. The second-order valence-electron chi connectivity index (χ2n) is 10.5. The summed E-state index contributed by atoms with van der Waals surface area (Å²) in [6.45, 7) is 10.1. The zero-order chi connectivity index (χ0) is 25.0. The average molecular weight is 488 g/mol. The van der Waals surface area contributed by atoms with Gasteiger partial charge in [0.05, 0.1) is 17.0 Å². The standard InChI is InChI=1S/C26H37N3O4S/c1-17(2)14-20(27)23(30)29(24(31)22-15-18-10-6-7-12-21(18)34-22)16-19-11-8-9-13-28(19)25(32)33-26(3,4)5/h6-7,10,12,15,17,19-20H,8-9,11,13-14,16,27H2,1-5H3/t19?,20-/m0/s1. The number of ether oxygens (including phenoxy) is 1. The van der Waals surface area contributed by atoms with E-state index >= 15 is 0 Å². The van der Waals surface area contributed by atoms with Gasteiger partial charge in [0.15, 0.2) is 0 Å². The number of likely N-dealkylation sites (tertiary alicyclic amines) is 1. The van der Waals surface area contributed by atoms with Gasteiger partial charge < -0.3 is 15.4 Å². The summed E-state index contributed by atoms with van der Waals surface area (Å²) >= 11 is 1.36. The van der Waals surface area contributed by atoms with Crippen LogP contribution in [0.2, 0.25) is 0 Å². The Bertz CT molecular complexity index is 993. The van der Waals surface area contributed by atoms with Crippen molar-refractivity contribution in [2.24, 2.45) is 11.7 Å². The number of benzene rings is 1. The van der Waals surface area contributed by atoms with Crippen molar-refractivity contribution in [3.05, 3.63) is 35.2 Å². The number of nitrogens with two attached hydrogens (primary N) is 1. The molecule has 2 aromatic rings. The summed E-state index contributed by atoms with van der Waals surface area (Å²) in [7, 11) is 0. The Morgan fingerprint density at radius 1 is 1.21 bits per heavy atom. The Morgan fingerprint density at radius 2 is 1.91 bits per heavy atom. The van der Waals surface area contributed by atoms with E-state index in [1.54, 1.807) is 4.90 Å². The van der Waals surface area contributed by atoms with Gasteiger partial charge in [0.25, 0.3) is 5.91 Å². The maximum Gasteiger partial charge on any atom is 0.410 e. The number of carbonyl (C=O) groups excluding carboxylic acids is 3. The molecule has 7 nitrogen and oxygen atoms in total. The number of hydrogen-bond acceptors (Lipinski definition) is 6. The third kappa shape index (κ3) is 6.57. The lowest BCUT2D eigenvalue weighted by Crippen LogP contribution is -2.55. The van der Waals surface area contributed by atoms with Crippen LogP contribution in [0.5, 0.6) is 0 Å². The van der Waals surface area contributed by atoms with Gasteiger partial charge in [-0.25, -0.2) is 4.79 Å². The lowest BCUT2D eigenvalue weighted by molar-refractivity contribution is -0.131. The highest BCUT2D eigenvalue weighted by molar-refractivity contribution is 7.20. The molecule has 1 aliphatic rings. The van der Waals surface area contributed by atoms with E-state index in [0.717, 1.165) is 22.9 Å². The van der Waals surface area contributed by atoms with Crippen molar-refractivity contribution in [3.63, 3.8) is 0 Å². The molecule has 186 valence electrons. The summed E-state index contributed by atoms with van der Waals surface area (Å²) in [5, 5.41) is 0.961. The van der Waals surface area contributed by atoms with Crippen LogP contribution in [0.3, 0.4) is 0 Å². The van der Waals surface area contributed by atoms with E-state index in [1.165, 1.54) is 16.2 Å². The molecule has 0 aliphatic carbocycles. The van der Waals surface area contributed by atoms with Crippen molar-refractivity contribution >= 4 is 39.3 Å². The molecule has 1 saturated heterocycles. The van der Waals surface area contributed by atoms with Crippen LogP contribution >= 0.6 is 11.3 Å². The van der Waals surface area contributed by atoms with E-state index < -0.39 is 23.6 Å². The molecule has 3 amide bonds. The first-order chi connectivity index (χ1) is 16.0. The summed E-state index contributed by atoms with van der Waals surface area (Å²) in [6.07, 6.45) is 2.55. The normalized spacial score (nSPS) is 17.6. The number of carbonyl (C=O) groups is 3. The highest BCUT2D eigenvalue weighted by Crippen LogP contribution is 2.28. The molecule has 3 rings (SSSR count). The Labute approximate surface area is 206 Å². The number of nitrogens with zero attached hydrogens (tertiary/aromatic N) is 2. The summed E-state index contributed by atoms with van der Waals surface area (Å²) in [4.78, 5) is 43.4. The SMILES string of the molecule is CC(C)C[C@H](N)C(=O)N(CC1CCCCN1C(=O)OC(C)(C)C)C(=O)c1cc2ccccc2s1. The van der Waals surface area contributed by atoms with Crippen molar-refractivity contribution in [2.45, 2.75) is 78.0 Å². The van der Waals surface area contributed by atoms with Crippen LogP contribution in [0.15, 0.2) is 30.3 Å². The number of piperidine rings is 1. The number of rotatable bonds is 6. The second-order valence-corrected chi connectivity index (χ2v) is 11.5. The quantitative estimate of drug-likeness (QED) is 0.617. The van der Waals surface area contributed by atoms with Gasteiger partial charge in [0, 0.05) is 17.8 Å². The van der Waals surface area contributed by atoms with Gasteiger partial charge in [-0.2, -0.15) is 0 Å². The number of hydrogen-bond donors (Lipinski definition) is 1.